The van der Waals surface area contributed by atoms with Gasteiger partial charge in [0.2, 0.25) is 5.69 Å². The van der Waals surface area contributed by atoms with Crippen molar-refractivity contribution in [3.05, 3.63) is 29.6 Å². The van der Waals surface area contributed by atoms with Gasteiger partial charge in [-0.25, -0.2) is 4.85 Å². The predicted molar refractivity (Wildman–Crippen MR) is 33.0 cm³/mol. The first-order valence-corrected chi connectivity index (χ1v) is 2.49. The Morgan fingerprint density at radius 1 is 1.44 bits per heavy atom. The summed E-state index contributed by atoms with van der Waals surface area (Å²) in [5.74, 6) is 0.697. The molecule has 0 spiro atoms. The Kier molecular flexibility index (Phi) is 1.41. The predicted octanol–water partition coefficient (Wildman–Crippen LogP) is 1.34. The van der Waals surface area contributed by atoms with E-state index < -0.39 is 0 Å². The van der Waals surface area contributed by atoms with Gasteiger partial charge in [0.25, 0.3) is 0 Å². The van der Waals surface area contributed by atoms with Crippen LogP contribution in [-0.2, 0) is 0 Å². The van der Waals surface area contributed by atoms with Gasteiger partial charge >= 0.3 is 0 Å². The normalized spacial score (nSPS) is 8.44. The van der Waals surface area contributed by atoms with Crippen LogP contribution in [0.25, 0.3) is 4.85 Å². The zero-order valence-electron chi connectivity index (χ0n) is 5.00. The van der Waals surface area contributed by atoms with E-state index in [9.17, 15) is 0 Å². The summed E-state index contributed by atoms with van der Waals surface area (Å²) in [5, 5.41) is 0. The van der Waals surface area contributed by atoms with Crippen LogP contribution in [0.15, 0.2) is 12.4 Å². The zero-order chi connectivity index (χ0) is 6.69. The minimum atomic E-state index is 0.487. The number of aromatic nitrogens is 2. The number of hydrogen-bond acceptors (Lipinski definition) is 2. The Morgan fingerprint density at radius 3 is 2.44 bits per heavy atom. The lowest BCUT2D eigenvalue weighted by Gasteiger charge is -1.87. The van der Waals surface area contributed by atoms with Crippen LogP contribution < -0.4 is 0 Å². The molecule has 0 unspecified atom stereocenters. The van der Waals surface area contributed by atoms with E-state index in [0.29, 0.717) is 11.5 Å². The fourth-order valence-corrected chi connectivity index (χ4v) is 0.444. The first-order chi connectivity index (χ1) is 4.33. The molecule has 0 amide bonds. The molecule has 0 aromatic carbocycles. The molecule has 0 saturated carbocycles. The molecule has 0 bridgehead atoms. The van der Waals surface area contributed by atoms with Gasteiger partial charge in [-0.1, -0.05) is 0 Å². The van der Waals surface area contributed by atoms with Gasteiger partial charge in [0.1, 0.15) is 5.82 Å². The molecule has 1 aromatic heterocycles. The van der Waals surface area contributed by atoms with Crippen LogP contribution in [-0.4, -0.2) is 9.97 Å². The lowest BCUT2D eigenvalue weighted by molar-refractivity contribution is 1.06. The molecule has 0 fully saturated rings. The fourth-order valence-electron chi connectivity index (χ4n) is 0.444. The minimum absolute atomic E-state index is 0.487. The molecular formula is C6H5N3. The lowest BCUT2D eigenvalue weighted by atomic mass is 10.5. The molecule has 0 aliphatic carbocycles. The first kappa shape index (κ1) is 5.70. The molecule has 0 aliphatic heterocycles. The molecule has 3 heteroatoms. The van der Waals surface area contributed by atoms with Gasteiger partial charge in [0.05, 0.1) is 6.57 Å². The Hall–Kier alpha value is -1.43. The van der Waals surface area contributed by atoms with E-state index in [2.05, 4.69) is 14.8 Å². The maximum absolute atomic E-state index is 6.56. The maximum atomic E-state index is 6.56. The highest BCUT2D eigenvalue weighted by molar-refractivity contribution is 5.38. The van der Waals surface area contributed by atoms with E-state index in [0.717, 1.165) is 0 Å². The molecule has 0 radical (unpaired) electrons. The molecular weight excluding hydrogens is 114 g/mol. The monoisotopic (exact) mass is 119 g/mol. The van der Waals surface area contributed by atoms with Crippen LogP contribution in [0.4, 0.5) is 5.69 Å². The molecule has 9 heavy (non-hydrogen) atoms. The molecule has 3 nitrogen and oxygen atoms in total. The summed E-state index contributed by atoms with van der Waals surface area (Å²) in [6.07, 6.45) is 3.02. The lowest BCUT2D eigenvalue weighted by Crippen LogP contribution is -1.81. The van der Waals surface area contributed by atoms with Gasteiger partial charge in [0.15, 0.2) is 0 Å². The average Bonchev–Trinajstić information content (AvgIpc) is 1.90. The van der Waals surface area contributed by atoms with Crippen LogP contribution in [0.2, 0.25) is 0 Å². The van der Waals surface area contributed by atoms with Crippen molar-refractivity contribution >= 4 is 5.69 Å². The second kappa shape index (κ2) is 2.23. The third-order valence-electron chi connectivity index (χ3n) is 0.896. The van der Waals surface area contributed by atoms with Crippen molar-refractivity contribution < 1.29 is 0 Å². The number of hydrogen-bond donors (Lipinski definition) is 0. The van der Waals surface area contributed by atoms with Crippen LogP contribution in [0.5, 0.6) is 0 Å². The van der Waals surface area contributed by atoms with Crippen LogP contribution in [0.1, 0.15) is 5.82 Å². The van der Waals surface area contributed by atoms with Crippen LogP contribution in [0.3, 0.4) is 0 Å². The highest BCUT2D eigenvalue weighted by Gasteiger charge is 1.88. The zero-order valence-corrected chi connectivity index (χ0v) is 5.00. The third kappa shape index (κ3) is 1.23. The summed E-state index contributed by atoms with van der Waals surface area (Å²) in [6.45, 7) is 8.34. The molecule has 0 N–H and O–H groups in total. The minimum Gasteiger partial charge on any atom is -0.253 e. The second-order valence-electron chi connectivity index (χ2n) is 1.60. The van der Waals surface area contributed by atoms with Crippen molar-refractivity contribution in [1.82, 2.24) is 9.97 Å². The summed E-state index contributed by atoms with van der Waals surface area (Å²) < 4.78 is 0. The summed E-state index contributed by atoms with van der Waals surface area (Å²) in [7, 11) is 0. The Morgan fingerprint density at radius 2 is 2.00 bits per heavy atom. The van der Waals surface area contributed by atoms with Crippen LogP contribution >= 0.6 is 0 Å². The second-order valence-corrected chi connectivity index (χ2v) is 1.60. The number of nitrogens with zero attached hydrogens (tertiary/aromatic N) is 3. The molecule has 0 aliphatic rings. The molecule has 0 saturated heterocycles. The van der Waals surface area contributed by atoms with E-state index in [1.54, 1.807) is 6.92 Å². The highest BCUT2D eigenvalue weighted by atomic mass is 14.9. The summed E-state index contributed by atoms with van der Waals surface area (Å²) in [6, 6.07) is 0. The van der Waals surface area contributed by atoms with E-state index in [1.165, 1.54) is 12.4 Å². The molecule has 0 atom stereocenters. The highest BCUT2D eigenvalue weighted by Crippen LogP contribution is 2.04. The van der Waals surface area contributed by atoms with Crippen molar-refractivity contribution in [2.75, 3.05) is 0 Å². The summed E-state index contributed by atoms with van der Waals surface area (Å²) >= 11 is 0. The summed E-state index contributed by atoms with van der Waals surface area (Å²) in [4.78, 5) is 10.8. The van der Waals surface area contributed by atoms with E-state index in [4.69, 9.17) is 6.57 Å². The largest absolute Gasteiger partial charge is 0.253 e. The Bertz CT molecular complexity index is 231. The van der Waals surface area contributed by atoms with Gasteiger partial charge in [-0.3, -0.25) is 9.97 Å². The van der Waals surface area contributed by atoms with Gasteiger partial charge in [-0.2, -0.15) is 0 Å². The Labute approximate surface area is 53.2 Å². The molecule has 1 rings (SSSR count). The smallest absolute Gasteiger partial charge is 0.222 e. The molecule has 1 aromatic rings. The maximum Gasteiger partial charge on any atom is 0.222 e. The molecule has 44 valence electrons. The van der Waals surface area contributed by atoms with E-state index in [-0.39, 0.29) is 0 Å². The van der Waals surface area contributed by atoms with Crippen molar-refractivity contribution in [3.63, 3.8) is 0 Å². The standard InChI is InChI=1S/C6H5N3/c1-5-8-3-6(7-2)4-9-5/h3-4H,1H3. The topological polar surface area (TPSA) is 30.1 Å². The van der Waals surface area contributed by atoms with Crippen LogP contribution in [0, 0.1) is 13.5 Å². The van der Waals surface area contributed by atoms with Crippen molar-refractivity contribution in [1.29, 1.82) is 0 Å². The quantitative estimate of drug-likeness (QED) is 0.482. The van der Waals surface area contributed by atoms with Gasteiger partial charge in [-0.15, -0.1) is 0 Å². The third-order valence-corrected chi connectivity index (χ3v) is 0.896. The number of rotatable bonds is 0. The van der Waals surface area contributed by atoms with Gasteiger partial charge < -0.3 is 0 Å². The number of aryl methyl sites for hydroxylation is 1. The van der Waals surface area contributed by atoms with Crippen molar-refractivity contribution in [3.8, 4) is 0 Å². The molecule has 1 heterocycles. The SMILES string of the molecule is [C-]#[N+]c1cnc(C)nc1. The first-order valence-electron chi connectivity index (χ1n) is 2.49. The van der Waals surface area contributed by atoms with Gasteiger partial charge in [-0.05, 0) is 6.92 Å². The average molecular weight is 119 g/mol. The van der Waals surface area contributed by atoms with Crippen molar-refractivity contribution in [2.24, 2.45) is 0 Å². The fraction of sp³-hybridized carbons (Fsp3) is 0.167. The summed E-state index contributed by atoms with van der Waals surface area (Å²) in [5.41, 5.74) is 0.487. The van der Waals surface area contributed by atoms with Gasteiger partial charge in [0, 0.05) is 12.4 Å². The Balaban J connectivity index is 3.06. The van der Waals surface area contributed by atoms with E-state index in [1.807, 2.05) is 0 Å². The van der Waals surface area contributed by atoms with Crippen molar-refractivity contribution in [2.45, 2.75) is 6.92 Å². The van der Waals surface area contributed by atoms with E-state index >= 15 is 0 Å².